The summed E-state index contributed by atoms with van der Waals surface area (Å²) in [5.74, 6) is 0.357. The number of aryl methyl sites for hydroxylation is 1. The van der Waals surface area contributed by atoms with Crippen molar-refractivity contribution in [3.8, 4) is 5.75 Å². The van der Waals surface area contributed by atoms with Gasteiger partial charge in [-0.05, 0) is 74.2 Å². The second kappa shape index (κ2) is 9.56. The van der Waals surface area contributed by atoms with E-state index in [0.29, 0.717) is 28.5 Å². The van der Waals surface area contributed by atoms with Crippen LogP contribution in [0.1, 0.15) is 50.3 Å². The van der Waals surface area contributed by atoms with Crippen molar-refractivity contribution in [2.45, 2.75) is 46.6 Å². The minimum absolute atomic E-state index is 0.0357. The molecule has 3 aromatic rings. The molecule has 0 aromatic heterocycles. The monoisotopic (exact) mass is 454 g/mol. The van der Waals surface area contributed by atoms with E-state index in [2.05, 4.69) is 19.2 Å². The van der Waals surface area contributed by atoms with Gasteiger partial charge in [-0.25, -0.2) is 4.90 Å². The Balaban J connectivity index is 1.72. The van der Waals surface area contributed by atoms with Crippen molar-refractivity contribution >= 4 is 28.8 Å². The number of hydrogen-bond donors (Lipinski definition) is 1. The highest BCUT2D eigenvalue weighted by Gasteiger charge is 2.40. The van der Waals surface area contributed by atoms with Gasteiger partial charge in [0, 0.05) is 5.69 Å². The fourth-order valence-corrected chi connectivity index (χ4v) is 3.91. The number of rotatable bonds is 7. The first-order valence-electron chi connectivity index (χ1n) is 11.6. The predicted molar refractivity (Wildman–Crippen MR) is 137 cm³/mol. The van der Waals surface area contributed by atoms with Gasteiger partial charge in [0.1, 0.15) is 11.4 Å². The van der Waals surface area contributed by atoms with E-state index >= 15 is 0 Å². The number of carbonyl (C=O) groups excluding carboxylic acids is 2. The molecule has 2 amide bonds. The molecular weight excluding hydrogens is 424 g/mol. The first-order chi connectivity index (χ1) is 16.2. The normalized spacial score (nSPS) is 13.9. The van der Waals surface area contributed by atoms with Gasteiger partial charge in [0.05, 0.1) is 17.4 Å². The van der Waals surface area contributed by atoms with Crippen LogP contribution in [0.3, 0.4) is 0 Å². The van der Waals surface area contributed by atoms with Gasteiger partial charge in [-0.3, -0.25) is 9.59 Å². The number of nitrogens with zero attached hydrogens (tertiary/aromatic N) is 1. The Hall–Kier alpha value is -3.86. The summed E-state index contributed by atoms with van der Waals surface area (Å²) in [5, 5.41) is 3.23. The molecule has 1 N–H and O–H groups in total. The third kappa shape index (κ3) is 4.74. The zero-order valence-electron chi connectivity index (χ0n) is 20.3. The van der Waals surface area contributed by atoms with E-state index in [9.17, 15) is 9.59 Å². The average molecular weight is 455 g/mol. The van der Waals surface area contributed by atoms with Crippen LogP contribution in [0.4, 0.5) is 11.4 Å². The number of nitrogens with one attached hydrogen (secondary N) is 1. The summed E-state index contributed by atoms with van der Waals surface area (Å²) >= 11 is 0. The molecule has 1 heterocycles. The van der Waals surface area contributed by atoms with E-state index in [4.69, 9.17) is 4.74 Å². The summed E-state index contributed by atoms with van der Waals surface area (Å²) in [5.41, 5.74) is 4.88. The van der Waals surface area contributed by atoms with Crippen molar-refractivity contribution in [2.75, 3.05) is 10.2 Å². The Morgan fingerprint density at radius 1 is 0.765 bits per heavy atom. The van der Waals surface area contributed by atoms with Gasteiger partial charge >= 0.3 is 0 Å². The summed E-state index contributed by atoms with van der Waals surface area (Å²) in [6, 6.07) is 22.6. The third-order valence-corrected chi connectivity index (χ3v) is 5.74. The number of carbonyl (C=O) groups is 2. The molecule has 5 nitrogen and oxygen atoms in total. The van der Waals surface area contributed by atoms with Gasteiger partial charge in [-0.15, -0.1) is 0 Å². The van der Waals surface area contributed by atoms with Gasteiger partial charge < -0.3 is 10.1 Å². The lowest BCUT2D eigenvalue weighted by Gasteiger charge is -2.17. The van der Waals surface area contributed by atoms with E-state index in [-0.39, 0.29) is 23.6 Å². The van der Waals surface area contributed by atoms with E-state index in [1.165, 1.54) is 10.5 Å². The molecular formula is C29H30N2O3. The molecule has 1 aliphatic rings. The molecule has 0 fully saturated rings. The number of amides is 2. The van der Waals surface area contributed by atoms with Crippen LogP contribution < -0.4 is 15.0 Å². The third-order valence-electron chi connectivity index (χ3n) is 5.74. The molecule has 0 bridgehead atoms. The molecule has 4 rings (SSSR count). The molecule has 0 saturated heterocycles. The zero-order valence-corrected chi connectivity index (χ0v) is 20.3. The molecule has 1 aliphatic heterocycles. The maximum atomic E-state index is 13.6. The quantitative estimate of drug-likeness (QED) is 0.426. The van der Waals surface area contributed by atoms with Gasteiger partial charge in [0.25, 0.3) is 11.8 Å². The summed E-state index contributed by atoms with van der Waals surface area (Å²) < 4.78 is 5.70. The largest absolute Gasteiger partial charge is 0.491 e. The van der Waals surface area contributed by atoms with Crippen molar-refractivity contribution in [3.05, 3.63) is 95.2 Å². The number of anilines is 2. The van der Waals surface area contributed by atoms with Crippen LogP contribution in [-0.2, 0) is 9.59 Å². The van der Waals surface area contributed by atoms with Gasteiger partial charge in [-0.2, -0.15) is 0 Å². The Morgan fingerprint density at radius 3 is 1.94 bits per heavy atom. The maximum Gasteiger partial charge on any atom is 0.282 e. The summed E-state index contributed by atoms with van der Waals surface area (Å²) in [6.45, 7) is 10.2. The lowest BCUT2D eigenvalue weighted by atomic mass is 10.0. The lowest BCUT2D eigenvalue weighted by Crippen LogP contribution is -2.32. The van der Waals surface area contributed by atoms with E-state index in [0.717, 1.165) is 11.3 Å². The molecule has 34 heavy (non-hydrogen) atoms. The average Bonchev–Trinajstić information content (AvgIpc) is 3.04. The highest BCUT2D eigenvalue weighted by Crippen LogP contribution is 2.34. The SMILES string of the molecule is Cc1ccc(C2=C(Nc3ccc(C(C)C)cc3)C(=O)N(c3ccc(OC(C)C)cc3)C2=O)cc1. The second-order valence-corrected chi connectivity index (χ2v) is 9.12. The number of ether oxygens (including phenoxy) is 1. The van der Waals surface area contributed by atoms with E-state index < -0.39 is 0 Å². The van der Waals surface area contributed by atoms with Crippen LogP contribution in [0, 0.1) is 6.92 Å². The minimum Gasteiger partial charge on any atom is -0.491 e. The van der Waals surface area contributed by atoms with Gasteiger partial charge in [-0.1, -0.05) is 55.8 Å². The van der Waals surface area contributed by atoms with Gasteiger partial charge in [0.15, 0.2) is 0 Å². The van der Waals surface area contributed by atoms with E-state index in [1.807, 2.05) is 69.3 Å². The fraction of sp³-hybridized carbons (Fsp3) is 0.241. The molecule has 0 aliphatic carbocycles. The Kier molecular flexibility index (Phi) is 6.55. The van der Waals surface area contributed by atoms with Crippen molar-refractivity contribution in [3.63, 3.8) is 0 Å². The van der Waals surface area contributed by atoms with Gasteiger partial charge in [0.2, 0.25) is 0 Å². The van der Waals surface area contributed by atoms with Crippen LogP contribution in [-0.4, -0.2) is 17.9 Å². The van der Waals surface area contributed by atoms with Crippen molar-refractivity contribution < 1.29 is 14.3 Å². The Bertz CT molecular complexity index is 1220. The number of benzene rings is 3. The highest BCUT2D eigenvalue weighted by atomic mass is 16.5. The summed E-state index contributed by atoms with van der Waals surface area (Å²) in [4.78, 5) is 28.4. The van der Waals surface area contributed by atoms with Crippen LogP contribution in [0.15, 0.2) is 78.5 Å². The molecule has 0 unspecified atom stereocenters. The molecule has 0 atom stereocenters. The first-order valence-corrected chi connectivity index (χ1v) is 11.6. The molecule has 0 spiro atoms. The Morgan fingerprint density at radius 2 is 1.38 bits per heavy atom. The van der Waals surface area contributed by atoms with Crippen LogP contribution in [0.5, 0.6) is 5.75 Å². The zero-order chi connectivity index (χ0) is 24.4. The molecule has 174 valence electrons. The standard InChI is InChI=1S/C29H30N2O3/c1-18(2)21-10-12-23(13-11-21)30-27-26(22-8-6-20(5)7-9-22)28(32)31(29(27)33)24-14-16-25(17-15-24)34-19(3)4/h6-19,30H,1-5H3. The Labute approximate surface area is 201 Å². The molecule has 5 heteroatoms. The second-order valence-electron chi connectivity index (χ2n) is 9.12. The van der Waals surface area contributed by atoms with Crippen molar-refractivity contribution in [2.24, 2.45) is 0 Å². The minimum atomic E-state index is -0.383. The van der Waals surface area contributed by atoms with E-state index in [1.54, 1.807) is 24.3 Å². The molecule has 0 saturated carbocycles. The van der Waals surface area contributed by atoms with Crippen LogP contribution in [0.25, 0.3) is 5.57 Å². The summed E-state index contributed by atoms with van der Waals surface area (Å²) in [6.07, 6.45) is 0.0357. The lowest BCUT2D eigenvalue weighted by molar-refractivity contribution is -0.120. The van der Waals surface area contributed by atoms with Crippen LogP contribution in [0.2, 0.25) is 0 Å². The summed E-state index contributed by atoms with van der Waals surface area (Å²) in [7, 11) is 0. The molecule has 3 aromatic carbocycles. The molecule has 0 radical (unpaired) electrons. The predicted octanol–water partition coefficient (Wildman–Crippen LogP) is 6.30. The first kappa shape index (κ1) is 23.3. The number of hydrogen-bond acceptors (Lipinski definition) is 4. The maximum absolute atomic E-state index is 13.6. The smallest absolute Gasteiger partial charge is 0.282 e. The fourth-order valence-electron chi connectivity index (χ4n) is 3.91. The van der Waals surface area contributed by atoms with Crippen LogP contribution >= 0.6 is 0 Å². The number of imide groups is 1. The topological polar surface area (TPSA) is 58.6 Å². The highest BCUT2D eigenvalue weighted by molar-refractivity contribution is 6.46. The van der Waals surface area contributed by atoms with Crippen molar-refractivity contribution in [1.29, 1.82) is 0 Å². The van der Waals surface area contributed by atoms with Crippen molar-refractivity contribution in [1.82, 2.24) is 0 Å².